The number of nitrogens with zero attached hydrogens (tertiary/aromatic N) is 12. The Kier molecular flexibility index (Phi) is 20.2. The second-order valence-electron chi connectivity index (χ2n) is 17.4. The summed E-state index contributed by atoms with van der Waals surface area (Å²) in [5.74, 6) is 1.81. The molecule has 19 nitrogen and oxygen atoms in total. The predicted molar refractivity (Wildman–Crippen MR) is 307 cm³/mol. The summed E-state index contributed by atoms with van der Waals surface area (Å²) in [6.45, 7) is 7.05. The molecule has 408 valence electrons. The van der Waals surface area contributed by atoms with Crippen LogP contribution in [0.15, 0.2) is 110 Å². The standard InChI is InChI=1S/C27H30FN9O2S2.C25H25FN8S.2CH4/c1-18-25(19-8-5-4-6-9-19)37(41(38,39)36(2)3)22(34-18)11-14-29-15-12-23-35-24-26(32-17-33-27(24)40-23)31-16-21-20(28)10-7-13-30-21;1-16-22(17-6-3-2-4-7-17)33-20(32-16)9-12-27-13-10-21-34-23-24(30-15-31-25(23)35-21)29-14-19-18(26)8-5-11-28-19;;/h4-10,13,17,29H,11-12,14-16H2,1-3H3,(H,31,32,33);2-8,11,15,27H,9-10,12-14H2,1H3,(H,32,33)(H,29,30,31);2*1H4. The van der Waals surface area contributed by atoms with Gasteiger partial charge in [-0.3, -0.25) is 9.97 Å². The van der Waals surface area contributed by atoms with E-state index in [1.165, 1.54) is 58.5 Å². The van der Waals surface area contributed by atoms with Crippen LogP contribution in [0, 0.1) is 25.5 Å². The van der Waals surface area contributed by atoms with Crippen LogP contribution in [0.4, 0.5) is 20.4 Å². The fourth-order valence-electron chi connectivity index (χ4n) is 8.12. The lowest BCUT2D eigenvalue weighted by molar-refractivity contribution is 0.508. The van der Waals surface area contributed by atoms with Crippen molar-refractivity contribution >= 4 is 65.2 Å². The minimum absolute atomic E-state index is 0. The number of rotatable bonds is 22. The lowest BCUT2D eigenvalue weighted by Crippen LogP contribution is -2.31. The van der Waals surface area contributed by atoms with Crippen molar-refractivity contribution < 1.29 is 17.2 Å². The summed E-state index contributed by atoms with van der Waals surface area (Å²) in [6.07, 6.45) is 8.72. The molecule has 0 amide bonds. The Morgan fingerprint density at radius 2 is 1.10 bits per heavy atom. The first-order chi connectivity index (χ1) is 36.9. The highest BCUT2D eigenvalue weighted by Crippen LogP contribution is 2.29. The third-order valence-electron chi connectivity index (χ3n) is 11.9. The quantitative estimate of drug-likeness (QED) is 0.0398. The van der Waals surface area contributed by atoms with Crippen molar-refractivity contribution in [2.75, 3.05) is 50.9 Å². The van der Waals surface area contributed by atoms with Crippen LogP contribution in [0.5, 0.6) is 0 Å². The number of hydrogen-bond donors (Lipinski definition) is 5. The zero-order valence-electron chi connectivity index (χ0n) is 42.1. The Morgan fingerprint density at radius 1 is 0.603 bits per heavy atom. The van der Waals surface area contributed by atoms with Gasteiger partial charge in [0.1, 0.15) is 56.6 Å². The highest BCUT2D eigenvalue weighted by atomic mass is 32.2. The van der Waals surface area contributed by atoms with Gasteiger partial charge in [0.2, 0.25) is 0 Å². The Bertz CT molecular complexity index is 3650. The van der Waals surface area contributed by atoms with Crippen LogP contribution in [0.25, 0.3) is 43.2 Å². The maximum atomic E-state index is 13.9. The molecule has 0 saturated carbocycles. The lowest BCUT2D eigenvalue weighted by Gasteiger charge is -2.17. The number of benzene rings is 2. The zero-order valence-corrected chi connectivity index (χ0v) is 44.6. The molecule has 10 aromatic rings. The second kappa shape index (κ2) is 27.1. The van der Waals surface area contributed by atoms with Crippen molar-refractivity contribution in [2.45, 2.75) is 67.5 Å². The Labute approximate surface area is 460 Å². The van der Waals surface area contributed by atoms with E-state index in [0.717, 1.165) is 73.9 Å². The summed E-state index contributed by atoms with van der Waals surface area (Å²) in [4.78, 5) is 49.1. The monoisotopic (exact) mass is 1120 g/mol. The molecule has 0 spiro atoms. The maximum Gasteiger partial charge on any atom is 0.309 e. The average molecular weight is 1120 g/mol. The Morgan fingerprint density at radius 3 is 1.62 bits per heavy atom. The minimum atomic E-state index is -3.79. The second-order valence-corrected chi connectivity index (χ2v) is 21.6. The first-order valence-electron chi connectivity index (χ1n) is 24.4. The van der Waals surface area contributed by atoms with Crippen LogP contribution in [-0.4, -0.2) is 112 Å². The molecule has 0 unspecified atom stereocenters. The van der Waals surface area contributed by atoms with Crippen molar-refractivity contribution in [3.63, 3.8) is 0 Å². The van der Waals surface area contributed by atoms with E-state index >= 15 is 0 Å². The van der Waals surface area contributed by atoms with Gasteiger partial charge in [0, 0.05) is 95.2 Å². The third-order valence-corrected chi connectivity index (χ3v) is 15.7. The number of hydrogen-bond acceptors (Lipinski definition) is 18. The van der Waals surface area contributed by atoms with Crippen LogP contribution >= 0.6 is 22.7 Å². The number of pyridine rings is 2. The number of fused-ring (bicyclic) bond motifs is 2. The van der Waals surface area contributed by atoms with Gasteiger partial charge in [0.05, 0.1) is 51.6 Å². The van der Waals surface area contributed by atoms with Crippen LogP contribution in [0.1, 0.15) is 59.3 Å². The van der Waals surface area contributed by atoms with Crippen molar-refractivity contribution in [1.29, 1.82) is 0 Å². The molecule has 0 saturated heterocycles. The number of halogens is 2. The molecule has 78 heavy (non-hydrogen) atoms. The van der Waals surface area contributed by atoms with E-state index in [1.54, 1.807) is 35.9 Å². The molecule has 0 aliphatic heterocycles. The minimum Gasteiger partial charge on any atom is -0.362 e. The molecule has 0 atom stereocenters. The fourth-order valence-corrected chi connectivity index (χ4v) is 11.1. The summed E-state index contributed by atoms with van der Waals surface area (Å²) in [5.41, 5.74) is 7.18. The third kappa shape index (κ3) is 14.1. The van der Waals surface area contributed by atoms with Crippen LogP contribution in [0.2, 0.25) is 0 Å². The topological polar surface area (TPSA) is 235 Å². The number of H-pyrrole nitrogens is 1. The maximum absolute atomic E-state index is 13.9. The molecule has 0 aliphatic carbocycles. The SMILES string of the molecule is C.C.Cc1[nH]c(CCNCCc2nc3c(NCc4ncccc4F)ncnc3s2)nc1-c1ccccc1.Cc1nc(CCNCCc2nc3c(NCc4ncccc4F)ncnc3s2)n(S(=O)(=O)N(C)C)c1-c1ccccc1. The molecular formula is C54H63F2N17O2S3. The van der Waals surface area contributed by atoms with Gasteiger partial charge in [0.25, 0.3) is 0 Å². The van der Waals surface area contributed by atoms with Crippen molar-refractivity contribution in [3.05, 3.63) is 166 Å². The first kappa shape index (κ1) is 58.1. The van der Waals surface area contributed by atoms with Gasteiger partial charge >= 0.3 is 10.2 Å². The van der Waals surface area contributed by atoms with Gasteiger partial charge in [0.15, 0.2) is 11.6 Å². The number of aryl methyl sites for hydroxylation is 2. The zero-order chi connectivity index (χ0) is 53.0. The normalized spacial score (nSPS) is 11.3. The van der Waals surface area contributed by atoms with Gasteiger partial charge in [-0.25, -0.2) is 52.6 Å². The molecule has 0 bridgehead atoms. The van der Waals surface area contributed by atoms with E-state index in [4.69, 9.17) is 15.0 Å². The summed E-state index contributed by atoms with van der Waals surface area (Å²) in [6, 6.07) is 25.5. The lowest BCUT2D eigenvalue weighted by atomic mass is 10.1. The van der Waals surface area contributed by atoms with Crippen LogP contribution in [-0.2, 0) is 49.0 Å². The van der Waals surface area contributed by atoms with Crippen LogP contribution in [0.3, 0.4) is 0 Å². The largest absolute Gasteiger partial charge is 0.362 e. The van der Waals surface area contributed by atoms with Crippen molar-refractivity contribution in [2.24, 2.45) is 0 Å². The Hall–Kier alpha value is -7.61. The molecule has 0 radical (unpaired) electrons. The molecule has 0 fully saturated rings. The smallest absolute Gasteiger partial charge is 0.309 e. The predicted octanol–water partition coefficient (Wildman–Crippen LogP) is 9.01. The molecule has 8 aromatic heterocycles. The molecule has 0 aliphatic rings. The molecule has 10 rings (SSSR count). The average Bonchev–Trinajstić information content (AvgIpc) is 4.24. The number of nitrogens with one attached hydrogen (secondary N) is 5. The summed E-state index contributed by atoms with van der Waals surface area (Å²) >= 11 is 3.01. The van der Waals surface area contributed by atoms with E-state index < -0.39 is 10.2 Å². The number of imidazole rings is 2. The van der Waals surface area contributed by atoms with Gasteiger partial charge in [-0.1, -0.05) is 98.2 Å². The van der Waals surface area contributed by atoms with Gasteiger partial charge in [-0.15, -0.1) is 0 Å². The van der Waals surface area contributed by atoms with Gasteiger partial charge in [-0.05, 0) is 38.1 Å². The molecule has 24 heteroatoms. The van der Waals surface area contributed by atoms with Crippen molar-refractivity contribution in [1.82, 2.24) is 73.7 Å². The van der Waals surface area contributed by atoms with E-state index in [-0.39, 0.29) is 39.6 Å². The first-order valence-corrected chi connectivity index (χ1v) is 27.4. The number of thiazole rings is 2. The van der Waals surface area contributed by atoms with Gasteiger partial charge in [-0.2, -0.15) is 12.7 Å². The summed E-state index contributed by atoms with van der Waals surface area (Å²) in [5, 5.41) is 14.9. The van der Waals surface area contributed by atoms with E-state index in [9.17, 15) is 17.2 Å². The Balaban J connectivity index is 0.000000223. The number of aromatic nitrogens is 12. The molecule has 8 heterocycles. The molecular weight excluding hydrogens is 1050 g/mol. The molecule has 2 aromatic carbocycles. The summed E-state index contributed by atoms with van der Waals surface area (Å²) in [7, 11) is -0.756. The molecule has 5 N–H and O–H groups in total. The number of aromatic amines is 1. The van der Waals surface area contributed by atoms with E-state index in [1.807, 2.05) is 55.5 Å². The van der Waals surface area contributed by atoms with E-state index in [2.05, 4.69) is 80.2 Å². The highest BCUT2D eigenvalue weighted by molar-refractivity contribution is 7.87. The number of anilines is 2. The van der Waals surface area contributed by atoms with E-state index in [0.29, 0.717) is 77.2 Å². The fraction of sp³-hybridized carbons (Fsp3) is 0.296. The van der Waals surface area contributed by atoms with Crippen LogP contribution < -0.4 is 21.3 Å². The summed E-state index contributed by atoms with van der Waals surface area (Å²) < 4.78 is 56.9. The van der Waals surface area contributed by atoms with Crippen molar-refractivity contribution in [3.8, 4) is 22.5 Å². The highest BCUT2D eigenvalue weighted by Gasteiger charge is 2.27. The van der Waals surface area contributed by atoms with Gasteiger partial charge < -0.3 is 26.3 Å².